The van der Waals surface area contributed by atoms with Crippen LogP contribution in [0, 0.1) is 6.92 Å². The third kappa shape index (κ3) is 3.40. The first-order valence-corrected chi connectivity index (χ1v) is 9.29. The molecule has 4 N–H and O–H groups in total. The topological polar surface area (TPSA) is 111 Å². The molecule has 0 aliphatic carbocycles. The molecule has 8 heteroatoms. The lowest BCUT2D eigenvalue weighted by atomic mass is 10.0. The van der Waals surface area contributed by atoms with Crippen LogP contribution in [-0.4, -0.2) is 23.3 Å². The molecule has 2 aromatic rings. The number of thiophene rings is 1. The molecule has 3 amide bonds. The highest BCUT2D eigenvalue weighted by atomic mass is 32.1. The van der Waals surface area contributed by atoms with Crippen LogP contribution >= 0.6 is 11.3 Å². The standard InChI is InChI=1S/C19H21N3O4S/c1-9(2)14-8-11(15(20)23)16(27-14)22-18(25)19(4)17(24)21-12-7-10(3)5-6-13(12)26-19/h5-9H,1-4H3,(H2,20,23)(H,21,24)(H,22,25). The van der Waals surface area contributed by atoms with Crippen LogP contribution < -0.4 is 21.1 Å². The van der Waals surface area contributed by atoms with E-state index < -0.39 is 23.3 Å². The number of anilines is 2. The van der Waals surface area contributed by atoms with E-state index >= 15 is 0 Å². The van der Waals surface area contributed by atoms with Gasteiger partial charge in [-0.25, -0.2) is 0 Å². The molecule has 27 heavy (non-hydrogen) atoms. The number of carbonyl (C=O) groups is 3. The lowest BCUT2D eigenvalue weighted by Crippen LogP contribution is -2.56. The predicted octanol–water partition coefficient (Wildman–Crippen LogP) is 3.01. The Morgan fingerprint density at radius 1 is 1.30 bits per heavy atom. The Kier molecular flexibility index (Phi) is 4.69. The molecule has 1 aromatic carbocycles. The van der Waals surface area contributed by atoms with Gasteiger partial charge in [0.15, 0.2) is 0 Å². The molecule has 1 aliphatic heterocycles. The molecule has 0 saturated carbocycles. The molecule has 7 nitrogen and oxygen atoms in total. The van der Waals surface area contributed by atoms with E-state index in [1.165, 1.54) is 18.3 Å². The third-order valence-electron chi connectivity index (χ3n) is 4.38. The third-order valence-corrected chi connectivity index (χ3v) is 5.73. The number of hydrogen-bond acceptors (Lipinski definition) is 5. The van der Waals surface area contributed by atoms with Gasteiger partial charge in [0.05, 0.1) is 11.3 Å². The molecular formula is C19H21N3O4S. The lowest BCUT2D eigenvalue weighted by molar-refractivity contribution is -0.143. The number of amides is 3. The van der Waals surface area contributed by atoms with Crippen LogP contribution in [0.5, 0.6) is 5.75 Å². The summed E-state index contributed by atoms with van der Waals surface area (Å²) >= 11 is 1.26. The van der Waals surface area contributed by atoms with Gasteiger partial charge < -0.3 is 21.1 Å². The first-order chi connectivity index (χ1) is 12.6. The van der Waals surface area contributed by atoms with Gasteiger partial charge in [0.1, 0.15) is 10.8 Å². The van der Waals surface area contributed by atoms with Crippen molar-refractivity contribution < 1.29 is 19.1 Å². The van der Waals surface area contributed by atoms with Crippen molar-refractivity contribution in [2.75, 3.05) is 10.6 Å². The van der Waals surface area contributed by atoms with Gasteiger partial charge in [-0.3, -0.25) is 14.4 Å². The van der Waals surface area contributed by atoms with Crippen molar-refractivity contribution in [3.63, 3.8) is 0 Å². The maximum absolute atomic E-state index is 12.9. The molecule has 0 fully saturated rings. The van der Waals surface area contributed by atoms with Crippen LogP contribution in [0.3, 0.4) is 0 Å². The molecule has 0 spiro atoms. The highest BCUT2D eigenvalue weighted by molar-refractivity contribution is 7.16. The summed E-state index contributed by atoms with van der Waals surface area (Å²) in [4.78, 5) is 38.1. The van der Waals surface area contributed by atoms with Crippen molar-refractivity contribution in [3.05, 3.63) is 40.3 Å². The van der Waals surface area contributed by atoms with Gasteiger partial charge in [-0.05, 0) is 43.5 Å². The monoisotopic (exact) mass is 387 g/mol. The molecule has 1 unspecified atom stereocenters. The second-order valence-corrected chi connectivity index (χ2v) is 8.04. The summed E-state index contributed by atoms with van der Waals surface area (Å²) in [6.45, 7) is 7.23. The van der Waals surface area contributed by atoms with Crippen molar-refractivity contribution >= 4 is 39.7 Å². The molecule has 142 valence electrons. The Bertz CT molecular complexity index is 950. The van der Waals surface area contributed by atoms with E-state index in [-0.39, 0.29) is 11.5 Å². The fraction of sp³-hybridized carbons (Fsp3) is 0.316. The Labute approximate surface area is 160 Å². The number of ether oxygens (including phenoxy) is 1. The average molecular weight is 387 g/mol. The normalized spacial score (nSPS) is 18.5. The van der Waals surface area contributed by atoms with Gasteiger partial charge in [-0.15, -0.1) is 11.3 Å². The summed E-state index contributed by atoms with van der Waals surface area (Å²) in [6.07, 6.45) is 0. The number of hydrogen-bond donors (Lipinski definition) is 3. The molecule has 1 atom stereocenters. The number of rotatable bonds is 4. The second kappa shape index (κ2) is 6.70. The molecule has 0 bridgehead atoms. The van der Waals surface area contributed by atoms with Gasteiger partial charge in [0, 0.05) is 4.88 Å². The quantitative estimate of drug-likeness (QED) is 0.700. The summed E-state index contributed by atoms with van der Waals surface area (Å²) < 4.78 is 5.74. The van der Waals surface area contributed by atoms with E-state index in [1.54, 1.807) is 18.2 Å². The Hall–Kier alpha value is -2.87. The lowest BCUT2D eigenvalue weighted by Gasteiger charge is -2.33. The molecule has 2 heterocycles. The molecular weight excluding hydrogens is 366 g/mol. The van der Waals surface area contributed by atoms with Crippen molar-refractivity contribution in [1.82, 2.24) is 0 Å². The largest absolute Gasteiger partial charge is 0.466 e. The average Bonchev–Trinajstić information content (AvgIpc) is 3.00. The van der Waals surface area contributed by atoms with Crippen molar-refractivity contribution in [3.8, 4) is 5.75 Å². The zero-order valence-corrected chi connectivity index (χ0v) is 16.3. The van der Waals surface area contributed by atoms with Crippen LogP contribution in [0.25, 0.3) is 0 Å². The molecule has 1 aliphatic rings. The van der Waals surface area contributed by atoms with Crippen molar-refractivity contribution in [1.29, 1.82) is 0 Å². The summed E-state index contributed by atoms with van der Waals surface area (Å²) in [5.41, 5.74) is 5.33. The summed E-state index contributed by atoms with van der Waals surface area (Å²) in [6, 6.07) is 6.96. The maximum atomic E-state index is 12.9. The highest BCUT2D eigenvalue weighted by Crippen LogP contribution is 2.37. The predicted molar refractivity (Wildman–Crippen MR) is 104 cm³/mol. The fourth-order valence-electron chi connectivity index (χ4n) is 2.68. The van der Waals surface area contributed by atoms with E-state index in [2.05, 4.69) is 10.6 Å². The summed E-state index contributed by atoms with van der Waals surface area (Å²) in [7, 11) is 0. The van der Waals surface area contributed by atoms with Crippen LogP contribution in [0.2, 0.25) is 0 Å². The zero-order chi connectivity index (χ0) is 19.9. The van der Waals surface area contributed by atoms with E-state index in [0.717, 1.165) is 10.4 Å². The minimum atomic E-state index is -1.78. The van der Waals surface area contributed by atoms with Crippen LogP contribution in [0.4, 0.5) is 10.7 Å². The maximum Gasteiger partial charge on any atom is 0.278 e. The van der Waals surface area contributed by atoms with Gasteiger partial charge in [-0.1, -0.05) is 19.9 Å². The first-order valence-electron chi connectivity index (χ1n) is 8.48. The number of nitrogens with one attached hydrogen (secondary N) is 2. The van der Waals surface area contributed by atoms with E-state index in [0.29, 0.717) is 16.4 Å². The number of nitrogens with two attached hydrogens (primary N) is 1. The summed E-state index contributed by atoms with van der Waals surface area (Å²) in [5.74, 6) is -1.33. The number of benzene rings is 1. The Morgan fingerprint density at radius 3 is 2.63 bits per heavy atom. The van der Waals surface area contributed by atoms with E-state index in [4.69, 9.17) is 10.5 Å². The SMILES string of the molecule is Cc1ccc2c(c1)NC(=O)C(C)(C(=O)Nc1sc(C(C)C)cc1C(N)=O)O2. The second-order valence-electron chi connectivity index (χ2n) is 6.95. The number of fused-ring (bicyclic) bond motifs is 1. The minimum absolute atomic E-state index is 0.165. The van der Waals surface area contributed by atoms with Gasteiger partial charge in [0.25, 0.3) is 23.3 Å². The summed E-state index contributed by atoms with van der Waals surface area (Å²) in [5, 5.41) is 5.66. The van der Waals surface area contributed by atoms with Crippen molar-refractivity contribution in [2.24, 2.45) is 5.73 Å². The molecule has 1 aromatic heterocycles. The van der Waals surface area contributed by atoms with E-state index in [1.807, 2.05) is 26.8 Å². The van der Waals surface area contributed by atoms with Gasteiger partial charge >= 0.3 is 0 Å². The van der Waals surface area contributed by atoms with Crippen LogP contribution in [-0.2, 0) is 9.59 Å². The highest BCUT2D eigenvalue weighted by Gasteiger charge is 2.47. The number of aryl methyl sites for hydroxylation is 1. The molecule has 0 saturated heterocycles. The molecule has 0 radical (unpaired) electrons. The fourth-order valence-corrected chi connectivity index (χ4v) is 3.74. The zero-order valence-electron chi connectivity index (χ0n) is 15.5. The van der Waals surface area contributed by atoms with Crippen molar-refractivity contribution in [2.45, 2.75) is 39.2 Å². The van der Waals surface area contributed by atoms with E-state index in [9.17, 15) is 14.4 Å². The van der Waals surface area contributed by atoms with Gasteiger partial charge in [0.2, 0.25) is 0 Å². The van der Waals surface area contributed by atoms with Crippen LogP contribution in [0.1, 0.15) is 47.5 Å². The van der Waals surface area contributed by atoms with Gasteiger partial charge in [-0.2, -0.15) is 0 Å². The number of primary amides is 1. The Morgan fingerprint density at radius 2 is 2.00 bits per heavy atom. The smallest absolute Gasteiger partial charge is 0.278 e. The van der Waals surface area contributed by atoms with Crippen LogP contribution in [0.15, 0.2) is 24.3 Å². The first kappa shape index (κ1) is 18.9. The number of carbonyl (C=O) groups excluding carboxylic acids is 3. The minimum Gasteiger partial charge on any atom is -0.466 e. The Balaban J connectivity index is 1.91. The molecule has 3 rings (SSSR count).